The van der Waals surface area contributed by atoms with Gasteiger partial charge >= 0.3 is 0 Å². The van der Waals surface area contributed by atoms with Crippen LogP contribution in [0.5, 0.6) is 0 Å². The van der Waals surface area contributed by atoms with Crippen LogP contribution in [0.2, 0.25) is 0 Å². The maximum Gasteiger partial charge on any atom is 0.269 e. The Morgan fingerprint density at radius 3 is 1.91 bits per heavy atom. The van der Waals surface area contributed by atoms with E-state index in [0.29, 0.717) is 11.8 Å². The average Bonchev–Trinajstić information content (AvgIpc) is 2.56. The highest BCUT2D eigenvalue weighted by Gasteiger charge is 2.17. The molecule has 0 radical (unpaired) electrons. The van der Waals surface area contributed by atoms with Crippen molar-refractivity contribution in [3.05, 3.63) is 69.8 Å². The van der Waals surface area contributed by atoms with Gasteiger partial charge in [0.1, 0.15) is 0 Å². The normalized spacial score (nSPS) is 13.5. The minimum absolute atomic E-state index is 0.146. The fourth-order valence-corrected chi connectivity index (χ4v) is 2.82. The number of nitrogen functional groups attached to an aromatic ring is 1. The smallest absolute Gasteiger partial charge is 0.269 e. The zero-order valence-electron chi connectivity index (χ0n) is 13.7. The Morgan fingerprint density at radius 1 is 1.00 bits per heavy atom. The maximum atomic E-state index is 10.8. The van der Waals surface area contributed by atoms with E-state index in [1.54, 1.807) is 12.1 Å². The van der Waals surface area contributed by atoms with Crippen LogP contribution in [0.3, 0.4) is 0 Å². The number of anilines is 1. The second-order valence-corrected chi connectivity index (χ2v) is 6.22. The summed E-state index contributed by atoms with van der Waals surface area (Å²) >= 11 is 0. The first-order chi connectivity index (χ1) is 11.0. The lowest BCUT2D eigenvalue weighted by Crippen LogP contribution is -2.17. The summed E-state index contributed by atoms with van der Waals surface area (Å²) < 4.78 is 0. The summed E-state index contributed by atoms with van der Waals surface area (Å²) in [4.78, 5) is 10.4. The van der Waals surface area contributed by atoms with Crippen molar-refractivity contribution >= 4 is 11.4 Å². The van der Waals surface area contributed by atoms with Crippen LogP contribution in [0.4, 0.5) is 11.4 Å². The number of nitrogens with two attached hydrogens (primary N) is 1. The lowest BCUT2D eigenvalue weighted by Gasteiger charge is -2.23. The highest BCUT2D eigenvalue weighted by molar-refractivity contribution is 5.39. The predicted molar refractivity (Wildman–Crippen MR) is 94.3 cm³/mol. The van der Waals surface area contributed by atoms with E-state index in [9.17, 15) is 10.1 Å². The number of nitro benzene ring substituents is 1. The molecule has 122 valence electrons. The molecular weight excluding hydrogens is 288 g/mol. The van der Waals surface area contributed by atoms with E-state index in [2.05, 4.69) is 26.0 Å². The monoisotopic (exact) mass is 312 g/mol. The third kappa shape index (κ3) is 4.81. The van der Waals surface area contributed by atoms with Gasteiger partial charge in [-0.3, -0.25) is 10.1 Å². The first kappa shape index (κ1) is 17.0. The van der Waals surface area contributed by atoms with Gasteiger partial charge in [0.2, 0.25) is 0 Å². The van der Waals surface area contributed by atoms with Gasteiger partial charge in [-0.25, -0.2) is 0 Å². The predicted octanol–water partition coefficient (Wildman–Crippen LogP) is 4.62. The van der Waals surface area contributed by atoms with Crippen LogP contribution in [-0.2, 0) is 12.8 Å². The number of benzene rings is 2. The summed E-state index contributed by atoms with van der Waals surface area (Å²) in [5, 5.41) is 10.8. The topological polar surface area (TPSA) is 69.2 Å². The molecule has 23 heavy (non-hydrogen) atoms. The quantitative estimate of drug-likeness (QED) is 0.460. The summed E-state index contributed by atoms with van der Waals surface area (Å²) in [5.74, 6) is 1.09. The Bertz CT molecular complexity index is 635. The fourth-order valence-electron chi connectivity index (χ4n) is 2.82. The van der Waals surface area contributed by atoms with Gasteiger partial charge in [0.05, 0.1) is 4.92 Å². The second-order valence-electron chi connectivity index (χ2n) is 6.22. The second kappa shape index (κ2) is 7.77. The Hall–Kier alpha value is -2.36. The van der Waals surface area contributed by atoms with E-state index < -0.39 is 0 Å². The van der Waals surface area contributed by atoms with Gasteiger partial charge in [0.15, 0.2) is 0 Å². The summed E-state index contributed by atoms with van der Waals surface area (Å²) in [6.07, 6.45) is 3.04. The minimum atomic E-state index is -0.357. The number of non-ortho nitro benzene ring substituents is 1. The molecule has 0 heterocycles. The molecule has 0 bridgehead atoms. The molecule has 2 aromatic carbocycles. The lowest BCUT2D eigenvalue weighted by molar-refractivity contribution is -0.384. The van der Waals surface area contributed by atoms with Crippen LogP contribution in [0.15, 0.2) is 48.5 Å². The largest absolute Gasteiger partial charge is 0.399 e. The van der Waals surface area contributed by atoms with Gasteiger partial charge in [-0.2, -0.15) is 0 Å². The SMILES string of the molecule is CCC(C)C(Cc1ccc(N)cc1)Cc1ccc([N+](=O)[O-])cc1. The molecule has 2 rings (SSSR count). The molecule has 0 aliphatic rings. The molecule has 0 aromatic heterocycles. The van der Waals surface area contributed by atoms with Crippen LogP contribution in [-0.4, -0.2) is 4.92 Å². The Labute approximate surface area is 137 Å². The third-order valence-corrected chi connectivity index (χ3v) is 4.57. The van der Waals surface area contributed by atoms with Gasteiger partial charge in [-0.05, 0) is 47.9 Å². The van der Waals surface area contributed by atoms with Gasteiger partial charge in [0, 0.05) is 17.8 Å². The summed E-state index contributed by atoms with van der Waals surface area (Å²) in [5.41, 5.74) is 9.11. The Kier molecular flexibility index (Phi) is 5.74. The molecule has 2 aromatic rings. The molecule has 0 spiro atoms. The molecule has 4 nitrogen and oxygen atoms in total. The molecule has 0 fully saturated rings. The first-order valence-electron chi connectivity index (χ1n) is 8.07. The number of hydrogen-bond acceptors (Lipinski definition) is 3. The standard InChI is InChI=1S/C19H24N2O2/c1-3-14(2)17(12-15-4-8-18(20)9-5-15)13-16-6-10-19(11-7-16)21(22)23/h4-11,14,17H,3,12-13,20H2,1-2H3. The summed E-state index contributed by atoms with van der Waals surface area (Å²) in [7, 11) is 0. The Balaban J connectivity index is 2.11. The van der Waals surface area contributed by atoms with Crippen LogP contribution in [0.25, 0.3) is 0 Å². The van der Waals surface area contributed by atoms with E-state index in [4.69, 9.17) is 5.73 Å². The fraction of sp³-hybridized carbons (Fsp3) is 0.368. The van der Waals surface area contributed by atoms with E-state index >= 15 is 0 Å². The molecule has 0 saturated carbocycles. The third-order valence-electron chi connectivity index (χ3n) is 4.57. The minimum Gasteiger partial charge on any atom is -0.399 e. The van der Waals surface area contributed by atoms with Crippen molar-refractivity contribution in [3.8, 4) is 0 Å². The average molecular weight is 312 g/mol. The Morgan fingerprint density at radius 2 is 1.48 bits per heavy atom. The zero-order chi connectivity index (χ0) is 16.8. The van der Waals surface area contributed by atoms with Crippen molar-refractivity contribution in [2.24, 2.45) is 11.8 Å². The molecule has 4 heteroatoms. The molecule has 2 unspecified atom stereocenters. The molecule has 0 amide bonds. The van der Waals surface area contributed by atoms with Crippen LogP contribution in [0, 0.1) is 22.0 Å². The van der Waals surface area contributed by atoms with E-state index in [-0.39, 0.29) is 10.6 Å². The maximum absolute atomic E-state index is 10.8. The van der Waals surface area contributed by atoms with E-state index in [0.717, 1.165) is 30.5 Å². The first-order valence-corrected chi connectivity index (χ1v) is 8.07. The molecule has 0 saturated heterocycles. The zero-order valence-corrected chi connectivity index (χ0v) is 13.7. The molecular formula is C19H24N2O2. The summed E-state index contributed by atoms with van der Waals surface area (Å²) in [6, 6.07) is 15.0. The van der Waals surface area contributed by atoms with Crippen LogP contribution < -0.4 is 5.73 Å². The van der Waals surface area contributed by atoms with Gasteiger partial charge < -0.3 is 5.73 Å². The molecule has 2 atom stereocenters. The van der Waals surface area contributed by atoms with E-state index in [1.165, 1.54) is 5.56 Å². The number of nitro groups is 1. The van der Waals surface area contributed by atoms with Crippen molar-refractivity contribution in [2.75, 3.05) is 5.73 Å². The highest BCUT2D eigenvalue weighted by Crippen LogP contribution is 2.25. The van der Waals surface area contributed by atoms with Crippen molar-refractivity contribution in [3.63, 3.8) is 0 Å². The van der Waals surface area contributed by atoms with E-state index in [1.807, 2.05) is 24.3 Å². The van der Waals surface area contributed by atoms with Crippen molar-refractivity contribution in [1.29, 1.82) is 0 Å². The highest BCUT2D eigenvalue weighted by atomic mass is 16.6. The molecule has 0 aliphatic heterocycles. The van der Waals surface area contributed by atoms with Crippen molar-refractivity contribution in [1.82, 2.24) is 0 Å². The van der Waals surface area contributed by atoms with Gasteiger partial charge in [-0.15, -0.1) is 0 Å². The van der Waals surface area contributed by atoms with Crippen molar-refractivity contribution < 1.29 is 4.92 Å². The number of rotatable bonds is 7. The number of nitrogens with zero attached hydrogens (tertiary/aromatic N) is 1. The van der Waals surface area contributed by atoms with Crippen LogP contribution in [0.1, 0.15) is 31.4 Å². The van der Waals surface area contributed by atoms with Crippen LogP contribution >= 0.6 is 0 Å². The van der Waals surface area contributed by atoms with Gasteiger partial charge in [-0.1, -0.05) is 44.5 Å². The number of hydrogen-bond donors (Lipinski definition) is 1. The molecule has 0 aliphatic carbocycles. The molecule has 2 N–H and O–H groups in total. The summed E-state index contributed by atoms with van der Waals surface area (Å²) in [6.45, 7) is 4.48. The van der Waals surface area contributed by atoms with Crippen molar-refractivity contribution in [2.45, 2.75) is 33.1 Å². The lowest BCUT2D eigenvalue weighted by atomic mass is 9.82. The van der Waals surface area contributed by atoms with Gasteiger partial charge in [0.25, 0.3) is 5.69 Å².